The van der Waals surface area contributed by atoms with Crippen molar-refractivity contribution in [1.82, 2.24) is 4.90 Å². The number of alkyl halides is 2. The summed E-state index contributed by atoms with van der Waals surface area (Å²) in [6.07, 6.45) is -0.595. The topological polar surface area (TPSA) is 124 Å². The fourth-order valence-corrected chi connectivity index (χ4v) is 2.62. The lowest BCUT2D eigenvalue weighted by Gasteiger charge is -2.20. The second-order valence-corrected chi connectivity index (χ2v) is 7.17. The number of nitrogens with zero attached hydrogens (tertiary/aromatic N) is 2. The van der Waals surface area contributed by atoms with Crippen molar-refractivity contribution in [2.75, 3.05) is 6.54 Å². The van der Waals surface area contributed by atoms with Gasteiger partial charge in [-0.05, 0) is 26.0 Å². The van der Waals surface area contributed by atoms with Crippen LogP contribution in [0.3, 0.4) is 0 Å². The molecule has 0 saturated carbocycles. The normalized spacial score (nSPS) is 20.2. The van der Waals surface area contributed by atoms with Gasteiger partial charge in [0, 0.05) is 6.42 Å². The van der Waals surface area contributed by atoms with Gasteiger partial charge in [-0.25, -0.2) is 8.78 Å². The van der Waals surface area contributed by atoms with Crippen LogP contribution in [0.2, 0.25) is 0 Å². The minimum absolute atomic E-state index is 0.0666. The molecule has 1 aliphatic heterocycles. The van der Waals surface area contributed by atoms with Crippen molar-refractivity contribution in [2.24, 2.45) is 5.73 Å². The van der Waals surface area contributed by atoms with E-state index in [2.05, 4.69) is 0 Å². The SMILES string of the molecule is C[C@@H](N)C(=O)N1CC(F)(F)C[C@H]1C#N.Cc1ccc(S(=O)(=O)O)cc1. The van der Waals surface area contributed by atoms with Crippen LogP contribution in [-0.4, -0.2) is 48.3 Å². The Morgan fingerprint density at radius 3 is 2.36 bits per heavy atom. The molecule has 0 aromatic heterocycles. The van der Waals surface area contributed by atoms with Crippen LogP contribution in [-0.2, 0) is 14.9 Å². The predicted octanol–water partition coefficient (Wildman–Crippen LogP) is 1.34. The minimum Gasteiger partial charge on any atom is -0.320 e. The lowest BCUT2D eigenvalue weighted by atomic mass is 10.2. The molecule has 0 bridgehead atoms. The number of nitriles is 1. The van der Waals surface area contributed by atoms with E-state index in [0.29, 0.717) is 0 Å². The van der Waals surface area contributed by atoms with Gasteiger partial charge in [-0.1, -0.05) is 17.7 Å². The van der Waals surface area contributed by atoms with E-state index in [9.17, 15) is 22.0 Å². The number of halogens is 2. The number of likely N-dealkylation sites (tertiary alicyclic amines) is 1. The number of hydrogen-bond donors (Lipinski definition) is 2. The number of rotatable bonds is 2. The van der Waals surface area contributed by atoms with Crippen LogP contribution in [0.25, 0.3) is 0 Å². The maximum Gasteiger partial charge on any atom is 0.294 e. The Kier molecular flexibility index (Phi) is 6.59. The van der Waals surface area contributed by atoms with E-state index in [-0.39, 0.29) is 4.90 Å². The summed E-state index contributed by atoms with van der Waals surface area (Å²) in [6, 6.07) is 5.76. The third-order valence-corrected chi connectivity index (χ3v) is 4.28. The molecule has 1 aliphatic rings. The summed E-state index contributed by atoms with van der Waals surface area (Å²) in [4.78, 5) is 12.1. The largest absolute Gasteiger partial charge is 0.320 e. The molecule has 1 aromatic carbocycles. The van der Waals surface area contributed by atoms with Gasteiger partial charge in [-0.15, -0.1) is 0 Å². The highest BCUT2D eigenvalue weighted by atomic mass is 32.2. The number of hydrogen-bond acceptors (Lipinski definition) is 5. The Morgan fingerprint density at radius 2 is 1.96 bits per heavy atom. The predicted molar refractivity (Wildman–Crippen MR) is 85.3 cm³/mol. The van der Waals surface area contributed by atoms with Gasteiger partial charge < -0.3 is 10.6 Å². The molecule has 0 spiro atoms. The van der Waals surface area contributed by atoms with E-state index in [1.54, 1.807) is 18.2 Å². The summed E-state index contributed by atoms with van der Waals surface area (Å²) in [6.45, 7) is 2.55. The van der Waals surface area contributed by atoms with Crippen LogP contribution < -0.4 is 5.73 Å². The summed E-state index contributed by atoms with van der Waals surface area (Å²) in [5.41, 5.74) is 6.23. The molecule has 1 fully saturated rings. The van der Waals surface area contributed by atoms with E-state index in [1.807, 2.05) is 6.92 Å². The number of aryl methyl sites for hydroxylation is 1. The first-order chi connectivity index (χ1) is 11.4. The van der Waals surface area contributed by atoms with Gasteiger partial charge in [0.25, 0.3) is 16.0 Å². The molecule has 138 valence electrons. The number of carbonyl (C=O) groups is 1. The Labute approximate surface area is 144 Å². The second kappa shape index (κ2) is 7.86. The molecule has 1 saturated heterocycles. The van der Waals surface area contributed by atoms with E-state index < -0.39 is 47.0 Å². The van der Waals surface area contributed by atoms with Crippen molar-refractivity contribution in [3.63, 3.8) is 0 Å². The van der Waals surface area contributed by atoms with Gasteiger partial charge in [0.1, 0.15) is 6.04 Å². The van der Waals surface area contributed by atoms with Crippen LogP contribution >= 0.6 is 0 Å². The van der Waals surface area contributed by atoms with Gasteiger partial charge in [0.15, 0.2) is 0 Å². The zero-order valence-corrected chi connectivity index (χ0v) is 14.5. The highest BCUT2D eigenvalue weighted by molar-refractivity contribution is 7.85. The number of amides is 1. The zero-order chi connectivity index (χ0) is 19.4. The van der Waals surface area contributed by atoms with Crippen LogP contribution in [0.15, 0.2) is 29.2 Å². The lowest BCUT2D eigenvalue weighted by Crippen LogP contribution is -2.44. The van der Waals surface area contributed by atoms with Crippen molar-refractivity contribution >= 4 is 16.0 Å². The third kappa shape index (κ3) is 6.04. The standard InChI is InChI=1S/C8H11F2N3O.C7H8O3S/c1-5(12)7(14)13-4-8(9,10)2-6(13)3-11;1-6-2-4-7(5-3-6)11(8,9)10/h5-6H,2,4,12H2,1H3;2-5H,1H3,(H,8,9,10)/t5-,6+;/m1./s1. The summed E-state index contributed by atoms with van der Waals surface area (Å²) in [7, 11) is -4.02. The molecule has 25 heavy (non-hydrogen) atoms. The van der Waals surface area contributed by atoms with Gasteiger partial charge in [-0.2, -0.15) is 13.7 Å². The van der Waals surface area contributed by atoms with Crippen molar-refractivity contribution < 1.29 is 26.5 Å². The molecular weight excluding hydrogens is 356 g/mol. The molecule has 3 N–H and O–H groups in total. The fraction of sp³-hybridized carbons (Fsp3) is 0.467. The highest BCUT2D eigenvalue weighted by Gasteiger charge is 2.47. The van der Waals surface area contributed by atoms with Crippen molar-refractivity contribution in [3.05, 3.63) is 29.8 Å². The van der Waals surface area contributed by atoms with Crippen LogP contribution in [0.1, 0.15) is 18.9 Å². The maximum atomic E-state index is 12.9. The number of benzene rings is 1. The summed E-state index contributed by atoms with van der Waals surface area (Å²) < 4.78 is 55.3. The average molecular weight is 375 g/mol. The Balaban J connectivity index is 0.000000257. The molecule has 0 aliphatic carbocycles. The second-order valence-electron chi connectivity index (χ2n) is 5.75. The molecule has 2 rings (SSSR count). The first kappa shape index (κ1) is 21.0. The summed E-state index contributed by atoms with van der Waals surface area (Å²) >= 11 is 0. The summed E-state index contributed by atoms with van der Waals surface area (Å²) in [5.74, 6) is -3.57. The lowest BCUT2D eigenvalue weighted by molar-refractivity contribution is -0.133. The zero-order valence-electron chi connectivity index (χ0n) is 13.7. The molecule has 1 amide bonds. The molecular formula is C15H19F2N3O4S. The average Bonchev–Trinajstić information content (AvgIpc) is 2.81. The Morgan fingerprint density at radius 1 is 1.44 bits per heavy atom. The van der Waals surface area contributed by atoms with E-state index in [4.69, 9.17) is 15.5 Å². The van der Waals surface area contributed by atoms with Crippen molar-refractivity contribution in [3.8, 4) is 6.07 Å². The van der Waals surface area contributed by atoms with E-state index in [1.165, 1.54) is 19.1 Å². The third-order valence-electron chi connectivity index (χ3n) is 3.41. The Hall–Kier alpha value is -2.09. The molecule has 1 aromatic rings. The minimum atomic E-state index is -4.02. The van der Waals surface area contributed by atoms with Gasteiger partial charge in [-0.3, -0.25) is 9.35 Å². The van der Waals surface area contributed by atoms with Crippen LogP contribution in [0.5, 0.6) is 0 Å². The van der Waals surface area contributed by atoms with Crippen LogP contribution in [0, 0.1) is 18.3 Å². The molecule has 2 atom stereocenters. The van der Waals surface area contributed by atoms with E-state index >= 15 is 0 Å². The quantitative estimate of drug-likeness (QED) is 0.752. The fourth-order valence-electron chi connectivity index (χ4n) is 2.14. The van der Waals surface area contributed by atoms with Crippen LogP contribution in [0.4, 0.5) is 8.78 Å². The molecule has 10 heteroatoms. The number of nitrogens with two attached hydrogens (primary N) is 1. The smallest absolute Gasteiger partial charge is 0.294 e. The number of carbonyl (C=O) groups excluding carboxylic acids is 1. The highest BCUT2D eigenvalue weighted by Crippen LogP contribution is 2.31. The summed E-state index contributed by atoms with van der Waals surface area (Å²) in [5, 5.41) is 8.58. The maximum absolute atomic E-state index is 12.9. The Bertz CT molecular complexity index is 758. The van der Waals surface area contributed by atoms with Crippen molar-refractivity contribution in [1.29, 1.82) is 5.26 Å². The molecule has 7 nitrogen and oxygen atoms in total. The molecule has 0 unspecified atom stereocenters. The molecule has 1 heterocycles. The van der Waals surface area contributed by atoms with E-state index in [0.717, 1.165) is 10.5 Å². The molecule has 0 radical (unpaired) electrons. The van der Waals surface area contributed by atoms with Gasteiger partial charge >= 0.3 is 0 Å². The van der Waals surface area contributed by atoms with Crippen molar-refractivity contribution in [2.45, 2.75) is 43.2 Å². The first-order valence-corrected chi connectivity index (χ1v) is 8.69. The first-order valence-electron chi connectivity index (χ1n) is 7.25. The van der Waals surface area contributed by atoms with Gasteiger partial charge in [0.2, 0.25) is 5.91 Å². The monoisotopic (exact) mass is 375 g/mol. The van der Waals surface area contributed by atoms with Gasteiger partial charge in [0.05, 0.1) is 23.6 Å².